The molecule has 0 aromatic carbocycles. The Hall–Kier alpha value is -0.160. The molecule has 1 saturated carbocycles. The van der Waals surface area contributed by atoms with Crippen LogP contribution in [0.1, 0.15) is 52.4 Å². The van der Waals surface area contributed by atoms with Crippen molar-refractivity contribution < 1.29 is 14.9 Å². The summed E-state index contributed by atoms with van der Waals surface area (Å²) in [7, 11) is 0. The highest BCUT2D eigenvalue weighted by Gasteiger charge is 2.27. The first kappa shape index (κ1) is 15.9. The van der Waals surface area contributed by atoms with Gasteiger partial charge in [0.25, 0.3) is 0 Å². The number of aliphatic hydroxyl groups excluding tert-OH is 1. The van der Waals surface area contributed by atoms with Crippen molar-refractivity contribution in [1.29, 1.82) is 0 Å². The molecule has 0 bridgehead atoms. The standard InChI is InChI=1S/C14H29NO3/c1-12(2)18-10-13(16)9-15-11-14(17)7-5-3-4-6-8-14/h12-13,15-17H,3-11H2,1-2H3. The van der Waals surface area contributed by atoms with Gasteiger partial charge in [0, 0.05) is 13.1 Å². The van der Waals surface area contributed by atoms with Gasteiger partial charge in [0.05, 0.1) is 24.4 Å². The largest absolute Gasteiger partial charge is 0.389 e. The van der Waals surface area contributed by atoms with Crippen LogP contribution < -0.4 is 5.32 Å². The minimum absolute atomic E-state index is 0.144. The van der Waals surface area contributed by atoms with Gasteiger partial charge in [-0.25, -0.2) is 0 Å². The van der Waals surface area contributed by atoms with Gasteiger partial charge in [-0.2, -0.15) is 0 Å². The van der Waals surface area contributed by atoms with Gasteiger partial charge in [-0.1, -0.05) is 25.7 Å². The van der Waals surface area contributed by atoms with Gasteiger partial charge in [0.15, 0.2) is 0 Å². The van der Waals surface area contributed by atoms with Crippen molar-refractivity contribution in [3.8, 4) is 0 Å². The van der Waals surface area contributed by atoms with E-state index in [0.717, 1.165) is 25.7 Å². The van der Waals surface area contributed by atoms with Crippen LogP contribution in [-0.2, 0) is 4.74 Å². The summed E-state index contributed by atoms with van der Waals surface area (Å²) >= 11 is 0. The Balaban J connectivity index is 2.15. The van der Waals surface area contributed by atoms with Crippen LogP contribution in [0.3, 0.4) is 0 Å². The van der Waals surface area contributed by atoms with Gasteiger partial charge in [0.2, 0.25) is 0 Å². The van der Waals surface area contributed by atoms with E-state index in [1.807, 2.05) is 13.8 Å². The number of hydrogen-bond acceptors (Lipinski definition) is 4. The van der Waals surface area contributed by atoms with Crippen LogP contribution in [-0.4, -0.2) is 47.7 Å². The number of hydrogen-bond donors (Lipinski definition) is 3. The van der Waals surface area contributed by atoms with Crippen LogP contribution in [0.15, 0.2) is 0 Å². The molecule has 0 aliphatic heterocycles. The normalized spacial score (nSPS) is 21.8. The van der Waals surface area contributed by atoms with Crippen LogP contribution in [0.2, 0.25) is 0 Å². The summed E-state index contributed by atoms with van der Waals surface area (Å²) in [6.45, 7) is 5.31. The lowest BCUT2D eigenvalue weighted by Crippen LogP contribution is -2.43. The Bertz CT molecular complexity index is 213. The lowest BCUT2D eigenvalue weighted by atomic mass is 9.94. The second kappa shape index (κ2) is 8.10. The molecule has 0 saturated heterocycles. The van der Waals surface area contributed by atoms with Crippen molar-refractivity contribution in [3.63, 3.8) is 0 Å². The van der Waals surface area contributed by atoms with E-state index in [1.54, 1.807) is 0 Å². The average Bonchev–Trinajstić information content (AvgIpc) is 2.52. The molecule has 1 aliphatic carbocycles. The smallest absolute Gasteiger partial charge is 0.0897 e. The fraction of sp³-hybridized carbons (Fsp3) is 1.00. The molecule has 4 heteroatoms. The third-order valence-corrected chi connectivity index (χ3v) is 3.49. The fourth-order valence-electron chi connectivity index (χ4n) is 2.40. The van der Waals surface area contributed by atoms with E-state index >= 15 is 0 Å². The summed E-state index contributed by atoms with van der Waals surface area (Å²) < 4.78 is 5.34. The molecule has 0 aromatic heterocycles. The summed E-state index contributed by atoms with van der Waals surface area (Å²) in [6, 6.07) is 0. The number of ether oxygens (including phenoxy) is 1. The minimum Gasteiger partial charge on any atom is -0.389 e. The number of nitrogens with one attached hydrogen (secondary N) is 1. The first-order valence-electron chi connectivity index (χ1n) is 7.25. The Labute approximate surface area is 111 Å². The van der Waals surface area contributed by atoms with Crippen molar-refractivity contribution in [2.24, 2.45) is 0 Å². The lowest BCUT2D eigenvalue weighted by molar-refractivity contribution is -0.00279. The average molecular weight is 259 g/mol. The zero-order valence-electron chi connectivity index (χ0n) is 11.8. The molecule has 0 amide bonds. The molecule has 0 radical (unpaired) electrons. The molecule has 108 valence electrons. The Morgan fingerprint density at radius 3 is 2.33 bits per heavy atom. The van der Waals surface area contributed by atoms with Crippen LogP contribution >= 0.6 is 0 Å². The SMILES string of the molecule is CC(C)OCC(O)CNCC1(O)CCCCCC1. The number of aliphatic hydroxyl groups is 2. The molecule has 3 N–H and O–H groups in total. The molecular formula is C14H29NO3. The number of rotatable bonds is 7. The molecule has 0 aromatic rings. The molecular weight excluding hydrogens is 230 g/mol. The zero-order valence-corrected chi connectivity index (χ0v) is 11.8. The van der Waals surface area contributed by atoms with E-state index in [1.165, 1.54) is 12.8 Å². The van der Waals surface area contributed by atoms with E-state index in [-0.39, 0.29) is 6.10 Å². The van der Waals surface area contributed by atoms with Crippen molar-refractivity contribution >= 4 is 0 Å². The first-order valence-corrected chi connectivity index (χ1v) is 7.25. The quantitative estimate of drug-likeness (QED) is 0.606. The van der Waals surface area contributed by atoms with Crippen molar-refractivity contribution in [1.82, 2.24) is 5.32 Å². The van der Waals surface area contributed by atoms with Gasteiger partial charge < -0.3 is 20.3 Å². The fourth-order valence-corrected chi connectivity index (χ4v) is 2.40. The van der Waals surface area contributed by atoms with Crippen LogP contribution in [0.5, 0.6) is 0 Å². The molecule has 1 rings (SSSR count). The molecule has 1 fully saturated rings. The second-order valence-electron chi connectivity index (χ2n) is 5.81. The third kappa shape index (κ3) is 6.69. The monoisotopic (exact) mass is 259 g/mol. The zero-order chi connectivity index (χ0) is 13.4. The molecule has 18 heavy (non-hydrogen) atoms. The van der Waals surface area contributed by atoms with Crippen molar-refractivity contribution in [2.75, 3.05) is 19.7 Å². The van der Waals surface area contributed by atoms with Crippen molar-refractivity contribution in [3.05, 3.63) is 0 Å². The van der Waals surface area contributed by atoms with Crippen LogP contribution in [0, 0.1) is 0 Å². The van der Waals surface area contributed by atoms with Crippen molar-refractivity contribution in [2.45, 2.75) is 70.2 Å². The maximum atomic E-state index is 10.4. The summed E-state index contributed by atoms with van der Waals surface area (Å²) in [4.78, 5) is 0. The highest BCUT2D eigenvalue weighted by Crippen LogP contribution is 2.26. The predicted molar refractivity (Wildman–Crippen MR) is 72.6 cm³/mol. The molecule has 4 nitrogen and oxygen atoms in total. The topological polar surface area (TPSA) is 61.7 Å². The van der Waals surface area contributed by atoms with Crippen LogP contribution in [0.4, 0.5) is 0 Å². The highest BCUT2D eigenvalue weighted by molar-refractivity contribution is 4.83. The molecule has 0 spiro atoms. The molecule has 0 heterocycles. The maximum Gasteiger partial charge on any atom is 0.0897 e. The Morgan fingerprint density at radius 2 is 1.78 bits per heavy atom. The van der Waals surface area contributed by atoms with E-state index in [9.17, 15) is 10.2 Å². The van der Waals surface area contributed by atoms with Gasteiger partial charge >= 0.3 is 0 Å². The third-order valence-electron chi connectivity index (χ3n) is 3.49. The minimum atomic E-state index is -0.574. The Kier molecular flexibility index (Phi) is 7.15. The summed E-state index contributed by atoms with van der Waals surface area (Å²) in [6.07, 6.45) is 6.07. The Morgan fingerprint density at radius 1 is 1.17 bits per heavy atom. The molecule has 1 aliphatic rings. The summed E-state index contributed by atoms with van der Waals surface area (Å²) in [5.74, 6) is 0. The first-order chi connectivity index (χ1) is 8.52. The molecule has 1 atom stereocenters. The lowest BCUT2D eigenvalue weighted by Gasteiger charge is -2.27. The van der Waals surface area contributed by atoms with Gasteiger partial charge in [-0.15, -0.1) is 0 Å². The predicted octanol–water partition coefficient (Wildman–Crippen LogP) is 1.45. The highest BCUT2D eigenvalue weighted by atomic mass is 16.5. The van der Waals surface area contributed by atoms with E-state index in [2.05, 4.69) is 5.32 Å². The van der Waals surface area contributed by atoms with E-state index < -0.39 is 11.7 Å². The maximum absolute atomic E-state index is 10.4. The van der Waals surface area contributed by atoms with E-state index in [0.29, 0.717) is 19.7 Å². The summed E-state index contributed by atoms with van der Waals surface area (Å²) in [5.41, 5.74) is -0.574. The molecule has 1 unspecified atom stereocenters. The van der Waals surface area contributed by atoms with Gasteiger partial charge in [-0.05, 0) is 26.7 Å². The van der Waals surface area contributed by atoms with Gasteiger partial charge in [-0.3, -0.25) is 0 Å². The van der Waals surface area contributed by atoms with Crippen LogP contribution in [0.25, 0.3) is 0 Å². The van der Waals surface area contributed by atoms with Gasteiger partial charge in [0.1, 0.15) is 0 Å². The summed E-state index contributed by atoms with van der Waals surface area (Å²) in [5, 5.41) is 23.3. The second-order valence-corrected chi connectivity index (χ2v) is 5.81. The van der Waals surface area contributed by atoms with E-state index in [4.69, 9.17) is 4.74 Å².